The van der Waals surface area contributed by atoms with E-state index in [-0.39, 0.29) is 6.61 Å². The van der Waals surface area contributed by atoms with E-state index in [1.807, 2.05) is 18.2 Å². The highest BCUT2D eigenvalue weighted by Gasteiger charge is 2.15. The quantitative estimate of drug-likeness (QED) is 0.116. The van der Waals surface area contributed by atoms with Gasteiger partial charge in [0, 0.05) is 40.2 Å². The van der Waals surface area contributed by atoms with Crippen LogP contribution in [0.25, 0.3) is 11.1 Å². The van der Waals surface area contributed by atoms with Crippen LogP contribution in [0.2, 0.25) is 0 Å². The van der Waals surface area contributed by atoms with Crippen LogP contribution in [0, 0.1) is 13.8 Å². The van der Waals surface area contributed by atoms with Gasteiger partial charge in [0.2, 0.25) is 0 Å². The molecule has 0 atom stereocenters. The van der Waals surface area contributed by atoms with E-state index in [1.165, 1.54) is 17.2 Å². The van der Waals surface area contributed by atoms with Crippen LogP contribution in [0.4, 0.5) is 34.1 Å². The van der Waals surface area contributed by atoms with E-state index in [0.29, 0.717) is 0 Å². The third-order valence-electron chi connectivity index (χ3n) is 7.93. The fraction of sp³-hybridized carbons (Fsp3) is 0.0714. The number of carbonyl (C=O) groups excluding carboxylic acids is 1. The fourth-order valence-electron chi connectivity index (χ4n) is 5.42. The van der Waals surface area contributed by atoms with Gasteiger partial charge in [-0.05, 0) is 103 Å². The molecule has 0 radical (unpaired) electrons. The molecule has 0 heterocycles. The predicted molar refractivity (Wildman–Crippen MR) is 191 cm³/mol. The molecule has 6 aromatic rings. The molecule has 0 spiro atoms. The van der Waals surface area contributed by atoms with Crippen LogP contribution in [0.5, 0.6) is 0 Å². The topological polar surface area (TPSA) is 32.8 Å². The number of benzene rings is 6. The summed E-state index contributed by atoms with van der Waals surface area (Å²) in [4.78, 5) is 16.0. The summed E-state index contributed by atoms with van der Waals surface area (Å²) < 4.78 is 5.21. The Kier molecular flexibility index (Phi) is 9.07. The second-order valence-electron chi connectivity index (χ2n) is 11.2. The summed E-state index contributed by atoms with van der Waals surface area (Å²) >= 11 is 0. The van der Waals surface area contributed by atoms with Crippen molar-refractivity contribution in [3.63, 3.8) is 0 Å². The van der Waals surface area contributed by atoms with Gasteiger partial charge in [0.1, 0.15) is 6.61 Å². The van der Waals surface area contributed by atoms with Gasteiger partial charge in [0.25, 0.3) is 0 Å². The molecule has 226 valence electrons. The molecule has 0 aromatic heterocycles. The van der Waals surface area contributed by atoms with Gasteiger partial charge in [-0.2, -0.15) is 0 Å². The number of hydrogen-bond acceptors (Lipinski definition) is 4. The first-order valence-corrected chi connectivity index (χ1v) is 15.4. The molecule has 0 unspecified atom stereocenters. The van der Waals surface area contributed by atoms with Crippen LogP contribution in [0.15, 0.2) is 164 Å². The van der Waals surface area contributed by atoms with Crippen LogP contribution < -0.4 is 9.80 Å². The molecule has 46 heavy (non-hydrogen) atoms. The highest BCUT2D eigenvalue weighted by atomic mass is 16.5. The highest BCUT2D eigenvalue weighted by molar-refractivity contribution is 5.82. The van der Waals surface area contributed by atoms with E-state index in [2.05, 4.69) is 164 Å². The summed E-state index contributed by atoms with van der Waals surface area (Å²) in [5, 5.41) is 0. The van der Waals surface area contributed by atoms with E-state index in [9.17, 15) is 4.79 Å². The molecule has 6 rings (SSSR count). The minimum atomic E-state index is -0.431. The molecule has 0 aliphatic heterocycles. The number of nitrogens with zero attached hydrogens (tertiary/aromatic N) is 2. The first-order chi connectivity index (χ1) is 22.5. The maximum atomic E-state index is 11.5. The van der Waals surface area contributed by atoms with Crippen LogP contribution in [-0.4, -0.2) is 5.97 Å². The number of anilines is 6. The Morgan fingerprint density at radius 1 is 0.522 bits per heavy atom. The van der Waals surface area contributed by atoms with Gasteiger partial charge in [-0.15, -0.1) is 0 Å². The van der Waals surface area contributed by atoms with Gasteiger partial charge >= 0.3 is 5.97 Å². The van der Waals surface area contributed by atoms with Crippen molar-refractivity contribution in [1.29, 1.82) is 0 Å². The summed E-state index contributed by atoms with van der Waals surface area (Å²) in [6.45, 7) is 7.87. The fourth-order valence-corrected chi connectivity index (χ4v) is 5.42. The Morgan fingerprint density at radius 2 is 0.870 bits per heavy atom. The Labute approximate surface area is 271 Å². The largest absolute Gasteiger partial charge is 0.458 e. The first-order valence-electron chi connectivity index (χ1n) is 15.4. The van der Waals surface area contributed by atoms with Crippen molar-refractivity contribution in [1.82, 2.24) is 0 Å². The van der Waals surface area contributed by atoms with Gasteiger partial charge in [-0.3, -0.25) is 0 Å². The lowest BCUT2D eigenvalue weighted by Crippen LogP contribution is -2.10. The standard InChI is InChI=1S/C42H36N2O2/c1-4-42(45)46-30-33-14-24-39(25-15-33)44(38-22-12-32(3)13-23-38)41-28-18-35(19-29-41)34-16-26-40(27-17-34)43(36-8-6-5-7-9-36)37-20-10-31(2)11-21-37/h4-29H,1,30H2,2-3H3. The normalized spacial score (nSPS) is 10.7. The SMILES string of the molecule is C=CC(=O)OCc1ccc(N(c2ccc(C)cc2)c2ccc(-c3ccc(N(c4ccccc4)c4ccc(C)cc4)cc3)cc2)cc1. The van der Waals surface area contributed by atoms with Crippen molar-refractivity contribution in [2.45, 2.75) is 20.5 Å². The zero-order valence-electron chi connectivity index (χ0n) is 26.1. The number of hydrogen-bond donors (Lipinski definition) is 0. The van der Waals surface area contributed by atoms with Gasteiger partial charge < -0.3 is 14.5 Å². The van der Waals surface area contributed by atoms with Gasteiger partial charge in [-0.1, -0.05) is 96.6 Å². The Bertz CT molecular complexity index is 1900. The summed E-state index contributed by atoms with van der Waals surface area (Å²) in [6.07, 6.45) is 1.18. The summed E-state index contributed by atoms with van der Waals surface area (Å²) in [6, 6.07) is 53.1. The molecular weight excluding hydrogens is 564 g/mol. The zero-order chi connectivity index (χ0) is 31.9. The molecule has 0 aliphatic rings. The molecule has 0 aliphatic carbocycles. The van der Waals surface area contributed by atoms with E-state index < -0.39 is 5.97 Å². The number of esters is 1. The molecule has 4 heteroatoms. The van der Waals surface area contributed by atoms with E-state index in [4.69, 9.17) is 4.74 Å². The van der Waals surface area contributed by atoms with Crippen molar-refractivity contribution in [2.24, 2.45) is 0 Å². The average molecular weight is 601 g/mol. The highest BCUT2D eigenvalue weighted by Crippen LogP contribution is 2.38. The molecule has 0 fully saturated rings. The summed E-state index contributed by atoms with van der Waals surface area (Å²) in [5.74, 6) is -0.431. The molecular formula is C42H36N2O2. The monoisotopic (exact) mass is 600 g/mol. The predicted octanol–water partition coefficient (Wildman–Crippen LogP) is 11.1. The van der Waals surface area contributed by atoms with Crippen molar-refractivity contribution in [3.05, 3.63) is 181 Å². The maximum Gasteiger partial charge on any atom is 0.330 e. The Balaban J connectivity index is 1.28. The molecule has 0 saturated heterocycles. The number of aryl methyl sites for hydroxylation is 2. The third kappa shape index (κ3) is 6.92. The third-order valence-corrected chi connectivity index (χ3v) is 7.93. The Morgan fingerprint density at radius 3 is 1.26 bits per heavy atom. The van der Waals surface area contributed by atoms with Gasteiger partial charge in [0.05, 0.1) is 0 Å². The van der Waals surface area contributed by atoms with Gasteiger partial charge in [-0.25, -0.2) is 4.79 Å². The van der Waals surface area contributed by atoms with Crippen molar-refractivity contribution < 1.29 is 9.53 Å². The Hall–Kier alpha value is -5.87. The molecule has 0 N–H and O–H groups in total. The van der Waals surface area contributed by atoms with Crippen LogP contribution in [0.1, 0.15) is 16.7 Å². The summed E-state index contributed by atoms with van der Waals surface area (Å²) in [7, 11) is 0. The molecule has 0 saturated carbocycles. The molecule has 4 nitrogen and oxygen atoms in total. The van der Waals surface area contributed by atoms with Crippen molar-refractivity contribution >= 4 is 40.1 Å². The zero-order valence-corrected chi connectivity index (χ0v) is 26.1. The van der Waals surface area contributed by atoms with Crippen LogP contribution >= 0.6 is 0 Å². The number of para-hydroxylation sites is 1. The minimum Gasteiger partial charge on any atom is -0.458 e. The van der Waals surface area contributed by atoms with Crippen molar-refractivity contribution in [2.75, 3.05) is 9.80 Å². The molecule has 0 amide bonds. The van der Waals surface area contributed by atoms with Gasteiger partial charge in [0.15, 0.2) is 0 Å². The second kappa shape index (κ2) is 13.8. The molecule has 0 bridgehead atoms. The van der Waals surface area contributed by atoms with E-state index >= 15 is 0 Å². The maximum absolute atomic E-state index is 11.5. The smallest absolute Gasteiger partial charge is 0.330 e. The first kappa shape index (κ1) is 30.2. The molecule has 6 aromatic carbocycles. The summed E-state index contributed by atoms with van der Waals surface area (Å²) in [5.41, 5.74) is 12.1. The average Bonchev–Trinajstić information content (AvgIpc) is 3.11. The number of ether oxygens (including phenoxy) is 1. The lowest BCUT2D eigenvalue weighted by Gasteiger charge is -2.26. The number of carbonyl (C=O) groups is 1. The van der Waals surface area contributed by atoms with Crippen LogP contribution in [0.3, 0.4) is 0 Å². The minimum absolute atomic E-state index is 0.206. The van der Waals surface area contributed by atoms with Crippen LogP contribution in [-0.2, 0) is 16.1 Å². The van der Waals surface area contributed by atoms with E-state index in [0.717, 1.165) is 50.8 Å². The number of rotatable bonds is 10. The lowest BCUT2D eigenvalue weighted by molar-refractivity contribution is -0.138. The van der Waals surface area contributed by atoms with E-state index in [1.54, 1.807) is 0 Å². The second-order valence-corrected chi connectivity index (χ2v) is 11.2. The van der Waals surface area contributed by atoms with Crippen molar-refractivity contribution in [3.8, 4) is 11.1 Å². The lowest BCUT2D eigenvalue weighted by atomic mass is 10.0.